The lowest BCUT2D eigenvalue weighted by molar-refractivity contribution is -0.384. The molecule has 0 atom stereocenters. The van der Waals surface area contributed by atoms with Crippen molar-refractivity contribution in [1.82, 2.24) is 9.55 Å². The number of hydrogen-bond donors (Lipinski definition) is 0. The fourth-order valence-corrected chi connectivity index (χ4v) is 1.68. The molecule has 0 saturated heterocycles. The molecule has 2 rings (SSSR count). The molecular formula is C11H9F2N3O2. The summed E-state index contributed by atoms with van der Waals surface area (Å²) in [6, 6.07) is 5.37. The largest absolute Gasteiger partial charge is 0.295 e. The second-order valence-electron chi connectivity index (χ2n) is 3.64. The van der Waals surface area contributed by atoms with Gasteiger partial charge in [0, 0.05) is 17.8 Å². The Labute approximate surface area is 101 Å². The van der Waals surface area contributed by atoms with Crippen LogP contribution in [-0.2, 0) is 0 Å². The molecule has 0 fully saturated rings. The number of nitro groups is 1. The summed E-state index contributed by atoms with van der Waals surface area (Å²) in [6.07, 6.45) is -1.55. The molecule has 0 unspecified atom stereocenters. The van der Waals surface area contributed by atoms with Crippen molar-refractivity contribution >= 4 is 5.69 Å². The lowest BCUT2D eigenvalue weighted by atomic mass is 10.2. The quantitative estimate of drug-likeness (QED) is 0.624. The first-order valence-electron chi connectivity index (χ1n) is 5.08. The fraction of sp³-hybridized carbons (Fsp3) is 0.182. The van der Waals surface area contributed by atoms with Crippen LogP contribution in [0.25, 0.3) is 5.69 Å². The molecule has 1 aromatic heterocycles. The minimum absolute atomic E-state index is 0.0879. The first kappa shape index (κ1) is 12.2. The molecule has 0 saturated carbocycles. The van der Waals surface area contributed by atoms with Crippen molar-refractivity contribution in [2.45, 2.75) is 13.3 Å². The summed E-state index contributed by atoms with van der Waals surface area (Å²) in [4.78, 5) is 13.8. The van der Waals surface area contributed by atoms with Crippen LogP contribution in [0.4, 0.5) is 14.5 Å². The number of nitro benzene ring substituents is 1. The third-order valence-corrected chi connectivity index (χ3v) is 2.51. The normalized spacial score (nSPS) is 10.9. The predicted octanol–water partition coefficient (Wildman–Crippen LogP) is 3.03. The highest BCUT2D eigenvalue weighted by Crippen LogP contribution is 2.25. The van der Waals surface area contributed by atoms with Gasteiger partial charge in [-0.15, -0.1) is 0 Å². The summed E-state index contributed by atoms with van der Waals surface area (Å²) >= 11 is 0. The molecular weight excluding hydrogens is 244 g/mol. The van der Waals surface area contributed by atoms with Gasteiger partial charge in [-0.3, -0.25) is 14.7 Å². The van der Waals surface area contributed by atoms with Crippen LogP contribution in [-0.4, -0.2) is 14.5 Å². The van der Waals surface area contributed by atoms with Crippen molar-refractivity contribution < 1.29 is 13.7 Å². The number of hydrogen-bond acceptors (Lipinski definition) is 3. The summed E-state index contributed by atoms with van der Waals surface area (Å²) in [6.45, 7) is 1.59. The Balaban J connectivity index is 2.48. The van der Waals surface area contributed by atoms with Crippen LogP contribution in [0, 0.1) is 17.0 Å². The van der Waals surface area contributed by atoms with E-state index >= 15 is 0 Å². The zero-order valence-electron chi connectivity index (χ0n) is 9.38. The first-order valence-corrected chi connectivity index (χ1v) is 5.08. The second-order valence-corrected chi connectivity index (χ2v) is 3.64. The Bertz CT molecular complexity index is 578. The van der Waals surface area contributed by atoms with Crippen LogP contribution >= 0.6 is 0 Å². The van der Waals surface area contributed by atoms with Gasteiger partial charge in [-0.1, -0.05) is 0 Å². The Kier molecular flexibility index (Phi) is 3.05. The Morgan fingerprint density at radius 1 is 1.33 bits per heavy atom. The Morgan fingerprint density at radius 2 is 1.94 bits per heavy atom. The Morgan fingerprint density at radius 3 is 2.44 bits per heavy atom. The van der Waals surface area contributed by atoms with Crippen LogP contribution in [0.5, 0.6) is 0 Å². The standard InChI is InChI=1S/C11H9F2N3O2/c1-7-14-6-10(11(12)13)15(7)8-2-4-9(5-3-8)16(17)18/h2-6,11H,1H3. The highest BCUT2D eigenvalue weighted by molar-refractivity contribution is 5.42. The molecule has 0 aliphatic rings. The maximum Gasteiger partial charge on any atom is 0.280 e. The molecule has 1 heterocycles. The zero-order chi connectivity index (χ0) is 13.3. The molecule has 18 heavy (non-hydrogen) atoms. The second kappa shape index (κ2) is 4.52. The summed E-state index contributed by atoms with van der Waals surface area (Å²) in [5, 5.41) is 10.5. The molecule has 0 aliphatic heterocycles. The van der Waals surface area contributed by atoms with Crippen LogP contribution in [0.1, 0.15) is 17.9 Å². The lowest BCUT2D eigenvalue weighted by Crippen LogP contribution is -2.02. The highest BCUT2D eigenvalue weighted by Gasteiger charge is 2.17. The number of benzene rings is 1. The molecule has 5 nitrogen and oxygen atoms in total. The van der Waals surface area contributed by atoms with Crippen LogP contribution < -0.4 is 0 Å². The molecule has 94 valence electrons. The molecule has 0 amide bonds. The summed E-state index contributed by atoms with van der Waals surface area (Å²) in [5.41, 5.74) is 0.0994. The molecule has 2 aromatic rings. The number of aromatic nitrogens is 2. The smallest absolute Gasteiger partial charge is 0.280 e. The fourth-order valence-electron chi connectivity index (χ4n) is 1.68. The van der Waals surface area contributed by atoms with Gasteiger partial charge in [-0.2, -0.15) is 0 Å². The van der Waals surface area contributed by atoms with Gasteiger partial charge in [-0.05, 0) is 19.1 Å². The van der Waals surface area contributed by atoms with E-state index in [-0.39, 0.29) is 11.4 Å². The number of halogens is 2. The van der Waals surface area contributed by atoms with Crippen molar-refractivity contribution in [2.24, 2.45) is 0 Å². The zero-order valence-corrected chi connectivity index (χ0v) is 9.38. The Hall–Kier alpha value is -2.31. The van der Waals surface area contributed by atoms with E-state index in [0.29, 0.717) is 11.5 Å². The SMILES string of the molecule is Cc1ncc(C(F)F)n1-c1ccc([N+](=O)[O-])cc1. The van der Waals surface area contributed by atoms with Crippen molar-refractivity contribution in [3.8, 4) is 5.69 Å². The van der Waals surface area contributed by atoms with E-state index in [1.807, 2.05) is 0 Å². The number of rotatable bonds is 3. The summed E-state index contributed by atoms with van der Waals surface area (Å²) < 4.78 is 26.8. The van der Waals surface area contributed by atoms with Crippen LogP contribution in [0.3, 0.4) is 0 Å². The van der Waals surface area contributed by atoms with E-state index in [1.54, 1.807) is 6.92 Å². The van der Waals surface area contributed by atoms with E-state index < -0.39 is 11.3 Å². The van der Waals surface area contributed by atoms with Gasteiger partial charge in [0.1, 0.15) is 11.5 Å². The topological polar surface area (TPSA) is 61.0 Å². The van der Waals surface area contributed by atoms with E-state index in [1.165, 1.54) is 28.8 Å². The lowest BCUT2D eigenvalue weighted by Gasteiger charge is -2.09. The van der Waals surface area contributed by atoms with Crippen molar-refractivity contribution in [3.05, 3.63) is 52.1 Å². The average Bonchev–Trinajstić information content (AvgIpc) is 2.71. The van der Waals surface area contributed by atoms with Gasteiger partial charge in [0.15, 0.2) is 0 Å². The average molecular weight is 253 g/mol. The molecule has 0 radical (unpaired) electrons. The minimum Gasteiger partial charge on any atom is -0.295 e. The van der Waals surface area contributed by atoms with Crippen molar-refractivity contribution in [3.63, 3.8) is 0 Å². The van der Waals surface area contributed by atoms with E-state index in [9.17, 15) is 18.9 Å². The van der Waals surface area contributed by atoms with Gasteiger partial charge in [0.25, 0.3) is 12.1 Å². The minimum atomic E-state index is -2.65. The number of nitrogens with zero attached hydrogens (tertiary/aromatic N) is 3. The third-order valence-electron chi connectivity index (χ3n) is 2.51. The molecule has 1 aromatic carbocycles. The van der Waals surface area contributed by atoms with Crippen molar-refractivity contribution in [2.75, 3.05) is 0 Å². The van der Waals surface area contributed by atoms with Gasteiger partial charge >= 0.3 is 0 Å². The number of aryl methyl sites for hydroxylation is 1. The van der Waals surface area contributed by atoms with Crippen LogP contribution in [0.15, 0.2) is 30.5 Å². The molecule has 7 heteroatoms. The van der Waals surface area contributed by atoms with E-state index in [2.05, 4.69) is 4.98 Å². The summed E-state index contributed by atoms with van der Waals surface area (Å²) in [7, 11) is 0. The maximum atomic E-state index is 12.8. The molecule has 0 N–H and O–H groups in total. The molecule has 0 aliphatic carbocycles. The summed E-state index contributed by atoms with van der Waals surface area (Å²) in [5.74, 6) is 0.402. The van der Waals surface area contributed by atoms with Gasteiger partial charge in [0.2, 0.25) is 0 Å². The first-order chi connectivity index (χ1) is 8.50. The van der Waals surface area contributed by atoms with Gasteiger partial charge in [-0.25, -0.2) is 13.8 Å². The highest BCUT2D eigenvalue weighted by atomic mass is 19.3. The number of non-ortho nitro benzene ring substituents is 1. The predicted molar refractivity (Wildman–Crippen MR) is 59.9 cm³/mol. The molecule has 0 spiro atoms. The monoisotopic (exact) mass is 253 g/mol. The maximum absolute atomic E-state index is 12.8. The van der Waals surface area contributed by atoms with Crippen LogP contribution in [0.2, 0.25) is 0 Å². The van der Waals surface area contributed by atoms with Gasteiger partial charge in [0.05, 0.1) is 11.1 Å². The van der Waals surface area contributed by atoms with E-state index in [4.69, 9.17) is 0 Å². The van der Waals surface area contributed by atoms with Crippen molar-refractivity contribution in [1.29, 1.82) is 0 Å². The third kappa shape index (κ3) is 2.06. The van der Waals surface area contributed by atoms with E-state index in [0.717, 1.165) is 6.20 Å². The van der Waals surface area contributed by atoms with Gasteiger partial charge < -0.3 is 0 Å². The number of imidazole rings is 1. The molecule has 0 bridgehead atoms. The number of alkyl halides is 2.